The lowest BCUT2D eigenvalue weighted by Gasteiger charge is -2.06. The van der Waals surface area contributed by atoms with Gasteiger partial charge in [-0.2, -0.15) is 0 Å². The maximum absolute atomic E-state index is 13.2. The molecular weight excluding hydrogens is 251 g/mol. The average molecular weight is 261 g/mol. The number of alkyl halides is 1. The Kier molecular flexibility index (Phi) is 3.63. The fourth-order valence-electron chi connectivity index (χ4n) is 1.22. The van der Waals surface area contributed by atoms with Gasteiger partial charge in [0.2, 0.25) is 0 Å². The summed E-state index contributed by atoms with van der Waals surface area (Å²) in [5.41, 5.74) is 1.83. The summed E-state index contributed by atoms with van der Waals surface area (Å²) in [6.45, 7) is 1.71. The third-order valence-corrected chi connectivity index (χ3v) is 2.59. The Labute approximate surface area is 89.9 Å². The third-order valence-electron chi connectivity index (χ3n) is 1.99. The lowest BCUT2D eigenvalue weighted by atomic mass is 10.0. The van der Waals surface area contributed by atoms with Crippen LogP contribution >= 0.6 is 15.9 Å². The van der Waals surface area contributed by atoms with Crippen molar-refractivity contribution in [3.8, 4) is 0 Å². The molecule has 1 aromatic rings. The molecule has 2 nitrogen and oxygen atoms in total. The highest BCUT2D eigenvalue weighted by Crippen LogP contribution is 2.18. The molecule has 0 saturated carbocycles. The van der Waals surface area contributed by atoms with Crippen LogP contribution in [0.2, 0.25) is 0 Å². The monoisotopic (exact) mass is 260 g/mol. The highest BCUT2D eigenvalue weighted by atomic mass is 79.9. The maximum atomic E-state index is 13.2. The second kappa shape index (κ2) is 4.55. The van der Waals surface area contributed by atoms with Crippen molar-refractivity contribution in [3.63, 3.8) is 0 Å². The van der Waals surface area contributed by atoms with Gasteiger partial charge in [0.25, 0.3) is 0 Å². The van der Waals surface area contributed by atoms with Crippen LogP contribution < -0.4 is 0 Å². The van der Waals surface area contributed by atoms with Gasteiger partial charge < -0.3 is 5.11 Å². The van der Waals surface area contributed by atoms with Crippen LogP contribution in [0.1, 0.15) is 16.7 Å². The minimum atomic E-state index is -0.903. The zero-order valence-electron chi connectivity index (χ0n) is 7.68. The minimum Gasteiger partial charge on any atom is -0.481 e. The molecule has 0 bridgehead atoms. The van der Waals surface area contributed by atoms with Crippen molar-refractivity contribution in [2.75, 3.05) is 0 Å². The van der Waals surface area contributed by atoms with E-state index in [1.165, 1.54) is 6.07 Å². The standard InChI is InChI=1S/C10H10BrFO2/c1-6-2-9(12)8(5-11)3-7(6)4-10(13)14/h2-3H,4-5H2,1H3,(H,13,14). The molecule has 14 heavy (non-hydrogen) atoms. The number of hydrogen-bond donors (Lipinski definition) is 1. The number of hydrogen-bond acceptors (Lipinski definition) is 1. The molecule has 0 aliphatic heterocycles. The van der Waals surface area contributed by atoms with E-state index in [0.717, 1.165) is 0 Å². The van der Waals surface area contributed by atoms with Crippen LogP contribution in [-0.2, 0) is 16.5 Å². The quantitative estimate of drug-likeness (QED) is 0.849. The van der Waals surface area contributed by atoms with Gasteiger partial charge in [0.15, 0.2) is 0 Å². The zero-order valence-corrected chi connectivity index (χ0v) is 9.27. The van der Waals surface area contributed by atoms with E-state index < -0.39 is 5.97 Å². The molecule has 0 aliphatic carbocycles. The number of aliphatic carboxylic acids is 1. The summed E-state index contributed by atoms with van der Waals surface area (Å²) in [6, 6.07) is 2.96. The Hall–Kier alpha value is -0.900. The molecule has 0 aliphatic rings. The van der Waals surface area contributed by atoms with Crippen LogP contribution in [0.15, 0.2) is 12.1 Å². The zero-order chi connectivity index (χ0) is 10.7. The van der Waals surface area contributed by atoms with Crippen molar-refractivity contribution in [2.45, 2.75) is 18.7 Å². The van der Waals surface area contributed by atoms with Crippen LogP contribution in [0.4, 0.5) is 4.39 Å². The summed E-state index contributed by atoms with van der Waals surface area (Å²) in [4.78, 5) is 10.5. The SMILES string of the molecule is Cc1cc(F)c(CBr)cc1CC(=O)O. The molecule has 0 amide bonds. The van der Waals surface area contributed by atoms with Crippen LogP contribution in [0.25, 0.3) is 0 Å². The fourth-order valence-corrected chi connectivity index (χ4v) is 1.65. The Morgan fingerprint density at radius 1 is 1.50 bits per heavy atom. The Bertz CT molecular complexity index is 363. The van der Waals surface area contributed by atoms with Gasteiger partial charge in [0.1, 0.15) is 5.82 Å². The van der Waals surface area contributed by atoms with Crippen molar-refractivity contribution in [3.05, 3.63) is 34.6 Å². The van der Waals surface area contributed by atoms with Gasteiger partial charge in [-0.15, -0.1) is 0 Å². The van der Waals surface area contributed by atoms with Gasteiger partial charge in [-0.1, -0.05) is 22.0 Å². The number of benzene rings is 1. The average Bonchev–Trinajstić information content (AvgIpc) is 2.09. The normalized spacial score (nSPS) is 10.2. The van der Waals surface area contributed by atoms with Crippen molar-refractivity contribution >= 4 is 21.9 Å². The summed E-state index contributed by atoms with van der Waals surface area (Å²) >= 11 is 3.15. The first kappa shape index (κ1) is 11.2. The molecule has 1 rings (SSSR count). The minimum absolute atomic E-state index is 0.0634. The molecule has 1 N–H and O–H groups in total. The summed E-state index contributed by atoms with van der Waals surface area (Å²) in [6.07, 6.45) is -0.0634. The number of carbonyl (C=O) groups is 1. The van der Waals surface area contributed by atoms with Crippen LogP contribution in [0.5, 0.6) is 0 Å². The molecule has 0 radical (unpaired) electrons. The third kappa shape index (κ3) is 2.54. The predicted octanol–water partition coefficient (Wildman–Crippen LogP) is 2.66. The number of halogens is 2. The number of carboxylic acids is 1. The highest BCUT2D eigenvalue weighted by molar-refractivity contribution is 9.08. The predicted molar refractivity (Wildman–Crippen MR) is 55.1 cm³/mol. The summed E-state index contributed by atoms with van der Waals surface area (Å²) < 4.78 is 13.2. The smallest absolute Gasteiger partial charge is 0.307 e. The second-order valence-corrected chi connectivity index (χ2v) is 3.63. The van der Waals surface area contributed by atoms with Gasteiger partial charge in [-0.3, -0.25) is 4.79 Å². The largest absolute Gasteiger partial charge is 0.481 e. The van der Waals surface area contributed by atoms with Gasteiger partial charge in [-0.05, 0) is 29.7 Å². The first-order valence-electron chi connectivity index (χ1n) is 4.10. The van der Waals surface area contributed by atoms with Crippen LogP contribution in [0, 0.1) is 12.7 Å². The molecule has 4 heteroatoms. The summed E-state index contributed by atoms with van der Waals surface area (Å²) in [7, 11) is 0. The molecular formula is C10H10BrFO2. The molecule has 0 atom stereocenters. The van der Waals surface area contributed by atoms with Gasteiger partial charge in [0, 0.05) is 5.33 Å². The number of aryl methyl sites for hydroxylation is 1. The number of carboxylic acid groups (broad SMARTS) is 1. The molecule has 0 unspecified atom stereocenters. The molecule has 0 heterocycles. The van der Waals surface area contributed by atoms with Gasteiger partial charge in [0.05, 0.1) is 6.42 Å². The van der Waals surface area contributed by atoms with Crippen molar-refractivity contribution in [1.29, 1.82) is 0 Å². The van der Waals surface area contributed by atoms with E-state index in [4.69, 9.17) is 5.11 Å². The first-order chi connectivity index (χ1) is 6.54. The van der Waals surface area contributed by atoms with Gasteiger partial charge >= 0.3 is 5.97 Å². The second-order valence-electron chi connectivity index (χ2n) is 3.07. The first-order valence-corrected chi connectivity index (χ1v) is 5.22. The van der Waals surface area contributed by atoms with Crippen LogP contribution in [-0.4, -0.2) is 11.1 Å². The highest BCUT2D eigenvalue weighted by Gasteiger charge is 2.08. The summed E-state index contributed by atoms with van der Waals surface area (Å²) in [5, 5.41) is 9.01. The van der Waals surface area contributed by atoms with E-state index >= 15 is 0 Å². The van der Waals surface area contributed by atoms with E-state index in [9.17, 15) is 9.18 Å². The maximum Gasteiger partial charge on any atom is 0.307 e. The van der Waals surface area contributed by atoms with Crippen molar-refractivity contribution in [1.82, 2.24) is 0 Å². The van der Waals surface area contributed by atoms with E-state index in [1.54, 1.807) is 13.0 Å². The van der Waals surface area contributed by atoms with E-state index in [0.29, 0.717) is 22.0 Å². The van der Waals surface area contributed by atoms with E-state index in [-0.39, 0.29) is 12.2 Å². The Balaban J connectivity index is 3.10. The lowest BCUT2D eigenvalue weighted by Crippen LogP contribution is -2.03. The van der Waals surface area contributed by atoms with Crippen molar-refractivity contribution < 1.29 is 14.3 Å². The van der Waals surface area contributed by atoms with E-state index in [1.807, 2.05) is 0 Å². The summed E-state index contributed by atoms with van der Waals surface area (Å²) in [5.74, 6) is -1.20. The lowest BCUT2D eigenvalue weighted by molar-refractivity contribution is -0.136. The molecule has 1 aromatic carbocycles. The Morgan fingerprint density at radius 3 is 2.64 bits per heavy atom. The molecule has 0 spiro atoms. The number of rotatable bonds is 3. The topological polar surface area (TPSA) is 37.3 Å². The van der Waals surface area contributed by atoms with Crippen LogP contribution in [0.3, 0.4) is 0 Å². The molecule has 0 saturated heterocycles. The molecule has 0 aromatic heterocycles. The molecule has 0 fully saturated rings. The molecule has 76 valence electrons. The van der Waals surface area contributed by atoms with Crippen molar-refractivity contribution in [2.24, 2.45) is 0 Å². The Morgan fingerprint density at radius 2 is 2.14 bits per heavy atom. The fraction of sp³-hybridized carbons (Fsp3) is 0.300. The van der Waals surface area contributed by atoms with Gasteiger partial charge in [-0.25, -0.2) is 4.39 Å². The van der Waals surface area contributed by atoms with E-state index in [2.05, 4.69) is 15.9 Å².